The second-order valence-corrected chi connectivity index (χ2v) is 11.4. The fraction of sp³-hybridized carbons (Fsp3) is 0.233. The van der Waals surface area contributed by atoms with Gasteiger partial charge in [0.15, 0.2) is 5.82 Å². The average molecular weight is 573 g/mol. The van der Waals surface area contributed by atoms with E-state index in [0.717, 1.165) is 16.5 Å². The molecule has 0 radical (unpaired) electrons. The Morgan fingerprint density at radius 2 is 1.66 bits per heavy atom. The highest BCUT2D eigenvalue weighted by molar-refractivity contribution is 7.84. The Kier molecular flexibility index (Phi) is 7.39. The summed E-state index contributed by atoms with van der Waals surface area (Å²) in [7, 11) is 1.88. The number of pyridine rings is 1. The van der Waals surface area contributed by atoms with Gasteiger partial charge in [-0.25, -0.2) is 19.0 Å². The van der Waals surface area contributed by atoms with E-state index in [1.165, 1.54) is 23.1 Å². The van der Waals surface area contributed by atoms with E-state index in [0.29, 0.717) is 44.2 Å². The Bertz CT molecular complexity index is 1970. The number of nitrogens with zero attached hydrogens (tertiary/aromatic N) is 5. The monoisotopic (exact) mass is 572 g/mol. The number of hydrogen-bond donors (Lipinski definition) is 1. The van der Waals surface area contributed by atoms with Crippen molar-refractivity contribution in [3.05, 3.63) is 98.2 Å². The Hall–Kier alpha value is -4.51. The molecule has 5 rings (SSSR count). The molecule has 0 aliphatic carbocycles. The highest BCUT2D eigenvalue weighted by Crippen LogP contribution is 2.32. The first-order valence-corrected chi connectivity index (χ1v) is 14.4. The molecule has 9 nitrogen and oxygen atoms in total. The number of halogens is 1. The van der Waals surface area contributed by atoms with Gasteiger partial charge in [-0.15, -0.1) is 0 Å². The quantitative estimate of drug-likeness (QED) is 0.321. The highest BCUT2D eigenvalue weighted by atomic mass is 32.2. The molecule has 2 atom stereocenters. The fourth-order valence-electron chi connectivity index (χ4n) is 4.96. The number of aryl methyl sites for hydroxylation is 2. The van der Waals surface area contributed by atoms with Crippen molar-refractivity contribution in [1.29, 1.82) is 0 Å². The normalized spacial score (nSPS) is 12.9. The minimum Gasteiger partial charge on any atom is -0.378 e. The molecule has 0 saturated carbocycles. The molecule has 0 amide bonds. The van der Waals surface area contributed by atoms with Crippen molar-refractivity contribution in [2.24, 2.45) is 14.1 Å². The molecule has 1 unspecified atom stereocenters. The summed E-state index contributed by atoms with van der Waals surface area (Å²) in [6.07, 6.45) is 6.31. The summed E-state index contributed by atoms with van der Waals surface area (Å²) in [4.78, 5) is 35.2. The van der Waals surface area contributed by atoms with Crippen molar-refractivity contribution in [2.75, 3.05) is 11.6 Å². The van der Waals surface area contributed by atoms with Crippen LogP contribution >= 0.6 is 0 Å². The van der Waals surface area contributed by atoms with Crippen LogP contribution in [0.15, 0.2) is 69.5 Å². The van der Waals surface area contributed by atoms with Gasteiger partial charge in [-0.05, 0) is 67.6 Å². The number of rotatable bonds is 6. The average Bonchev–Trinajstić information content (AvgIpc) is 2.94. The first-order valence-electron chi connectivity index (χ1n) is 12.9. The Morgan fingerprint density at radius 1 is 0.951 bits per heavy atom. The third-order valence-corrected chi connectivity index (χ3v) is 8.15. The second-order valence-electron chi connectivity index (χ2n) is 10.1. The van der Waals surface area contributed by atoms with Gasteiger partial charge >= 0.3 is 0 Å². The van der Waals surface area contributed by atoms with E-state index in [1.807, 2.05) is 32.0 Å². The lowest BCUT2D eigenvalue weighted by Gasteiger charge is -2.21. The highest BCUT2D eigenvalue weighted by Gasteiger charge is 2.18. The Labute approximate surface area is 238 Å². The standard InChI is InChI=1S/C30H29FN6O3S/c1-16-9-21(18(3)35-25-8-7-20(31)11-27(25)41(6)40)22-12-26(36(4)30(39)23(22)10-16)19-13-32-28(33-14-19)24-15-34-37(5)29(38)17(24)2/h7-15,18,35H,1-6H3/t18-,41?/m1/s1. The molecule has 0 aliphatic heterocycles. The van der Waals surface area contributed by atoms with E-state index in [-0.39, 0.29) is 17.2 Å². The van der Waals surface area contributed by atoms with Crippen molar-refractivity contribution >= 4 is 27.3 Å². The molecule has 1 N–H and O–H groups in total. The van der Waals surface area contributed by atoms with Crippen LogP contribution in [-0.2, 0) is 24.9 Å². The Balaban J connectivity index is 1.60. The van der Waals surface area contributed by atoms with Crippen LogP contribution in [0.1, 0.15) is 29.7 Å². The van der Waals surface area contributed by atoms with Crippen LogP contribution in [0.25, 0.3) is 33.4 Å². The largest absolute Gasteiger partial charge is 0.378 e. The van der Waals surface area contributed by atoms with Crippen molar-refractivity contribution in [3.63, 3.8) is 0 Å². The van der Waals surface area contributed by atoms with Crippen LogP contribution in [0.4, 0.5) is 10.1 Å². The third-order valence-electron chi connectivity index (χ3n) is 7.19. The van der Waals surface area contributed by atoms with Crippen LogP contribution < -0.4 is 16.4 Å². The maximum Gasteiger partial charge on any atom is 0.270 e. The molecular weight excluding hydrogens is 543 g/mol. The number of benzene rings is 2. The number of anilines is 1. The molecule has 0 spiro atoms. The van der Waals surface area contributed by atoms with E-state index in [9.17, 15) is 18.2 Å². The minimum atomic E-state index is -1.40. The second kappa shape index (κ2) is 10.8. The van der Waals surface area contributed by atoms with Gasteiger partial charge in [0.2, 0.25) is 0 Å². The molecule has 11 heteroatoms. The third kappa shape index (κ3) is 5.20. The maximum absolute atomic E-state index is 13.9. The molecule has 41 heavy (non-hydrogen) atoms. The van der Waals surface area contributed by atoms with E-state index in [4.69, 9.17) is 0 Å². The van der Waals surface area contributed by atoms with Crippen molar-refractivity contribution in [3.8, 4) is 22.6 Å². The van der Waals surface area contributed by atoms with E-state index >= 15 is 0 Å². The minimum absolute atomic E-state index is 0.178. The fourth-order valence-corrected chi connectivity index (χ4v) is 5.68. The zero-order chi connectivity index (χ0) is 29.6. The molecule has 0 bridgehead atoms. The summed E-state index contributed by atoms with van der Waals surface area (Å²) in [5.74, 6) is -0.100. The molecule has 0 aliphatic rings. The van der Waals surface area contributed by atoms with Gasteiger partial charge in [-0.1, -0.05) is 6.07 Å². The summed E-state index contributed by atoms with van der Waals surface area (Å²) < 4.78 is 29.0. The van der Waals surface area contributed by atoms with Crippen LogP contribution in [0.3, 0.4) is 0 Å². The first-order chi connectivity index (χ1) is 19.5. The predicted octanol–water partition coefficient (Wildman–Crippen LogP) is 4.42. The van der Waals surface area contributed by atoms with E-state index < -0.39 is 16.6 Å². The first kappa shape index (κ1) is 28.0. The van der Waals surface area contributed by atoms with Gasteiger partial charge in [0.05, 0.1) is 33.3 Å². The van der Waals surface area contributed by atoms with E-state index in [2.05, 4.69) is 20.4 Å². The smallest absolute Gasteiger partial charge is 0.270 e. The molecule has 0 saturated heterocycles. The van der Waals surface area contributed by atoms with E-state index in [1.54, 1.807) is 50.2 Å². The number of hydrogen-bond acceptors (Lipinski definition) is 7. The Morgan fingerprint density at radius 3 is 2.34 bits per heavy atom. The van der Waals surface area contributed by atoms with Crippen LogP contribution in [0, 0.1) is 19.7 Å². The lowest BCUT2D eigenvalue weighted by atomic mass is 9.96. The lowest BCUT2D eigenvalue weighted by Crippen LogP contribution is -2.22. The van der Waals surface area contributed by atoms with Gasteiger partial charge in [-0.2, -0.15) is 5.10 Å². The lowest BCUT2D eigenvalue weighted by molar-refractivity contribution is 0.622. The van der Waals surface area contributed by atoms with Crippen molar-refractivity contribution in [2.45, 2.75) is 31.7 Å². The SMILES string of the molecule is Cc1cc([C@@H](C)Nc2ccc(F)cc2S(C)=O)c2cc(-c3cnc(-c4cnn(C)c(=O)c4C)nc3)n(C)c(=O)c2c1. The molecule has 5 aromatic rings. The van der Waals surface area contributed by atoms with Crippen LogP contribution in [0.2, 0.25) is 0 Å². The maximum atomic E-state index is 13.9. The van der Waals surface area contributed by atoms with Gasteiger partial charge in [0.25, 0.3) is 11.1 Å². The summed E-state index contributed by atoms with van der Waals surface area (Å²) in [6.45, 7) is 5.57. The number of nitrogens with one attached hydrogen (secondary N) is 1. The molecule has 3 aromatic heterocycles. The zero-order valence-corrected chi connectivity index (χ0v) is 24.3. The van der Waals surface area contributed by atoms with Gasteiger partial charge in [0.1, 0.15) is 5.82 Å². The molecule has 3 heterocycles. The summed E-state index contributed by atoms with van der Waals surface area (Å²) >= 11 is 0. The predicted molar refractivity (Wildman–Crippen MR) is 159 cm³/mol. The van der Waals surface area contributed by atoms with Crippen LogP contribution in [-0.4, -0.2) is 34.8 Å². The van der Waals surface area contributed by atoms with Gasteiger partial charge in [-0.3, -0.25) is 13.8 Å². The number of fused-ring (bicyclic) bond motifs is 1. The van der Waals surface area contributed by atoms with Gasteiger partial charge < -0.3 is 9.88 Å². The van der Waals surface area contributed by atoms with Crippen LogP contribution in [0.5, 0.6) is 0 Å². The summed E-state index contributed by atoms with van der Waals surface area (Å²) in [5, 5.41) is 8.73. The summed E-state index contributed by atoms with van der Waals surface area (Å²) in [5.41, 5.74) is 4.19. The van der Waals surface area contributed by atoms with Crippen molar-refractivity contribution < 1.29 is 8.60 Å². The molecule has 210 valence electrons. The zero-order valence-electron chi connectivity index (χ0n) is 23.5. The van der Waals surface area contributed by atoms with Crippen molar-refractivity contribution in [1.82, 2.24) is 24.3 Å². The molecular formula is C30H29FN6O3S. The summed E-state index contributed by atoms with van der Waals surface area (Å²) in [6, 6.07) is 9.64. The van der Waals surface area contributed by atoms with Gasteiger partial charge in [0, 0.05) is 60.9 Å². The number of aromatic nitrogens is 5. The molecule has 0 fully saturated rings. The topological polar surface area (TPSA) is 112 Å². The molecule has 2 aromatic carbocycles.